The third-order valence-electron chi connectivity index (χ3n) is 3.75. The fraction of sp³-hybridized carbons (Fsp3) is 0.188. The zero-order valence-electron chi connectivity index (χ0n) is 10.9. The minimum atomic E-state index is -4.47. The van der Waals surface area contributed by atoms with E-state index in [0.717, 1.165) is 6.21 Å². The number of hydrogen-bond acceptors (Lipinski definition) is 2. The minimum absolute atomic E-state index is 0.0602. The Kier molecular flexibility index (Phi) is 3.01. The molecular weight excluding hydrogens is 279 g/mol. The summed E-state index contributed by atoms with van der Waals surface area (Å²) in [7, 11) is 0. The van der Waals surface area contributed by atoms with Gasteiger partial charge in [0.05, 0.1) is 5.69 Å². The normalized spacial score (nSPS) is 21.1. The number of benzene rings is 2. The summed E-state index contributed by atoms with van der Waals surface area (Å²) >= 11 is 0. The van der Waals surface area contributed by atoms with Crippen molar-refractivity contribution in [3.63, 3.8) is 0 Å². The Balaban J connectivity index is 2.17. The standard InChI is InChI=1S/C16H12F3NO/c17-16(18,19)15(12-4-2-1-3-5-12)9-11-8-13(21)6-7-14(11)20-10-15/h1-8,10,21H,9H2/t15-/m0/s1. The number of phenolic OH excluding ortho intramolecular Hbond substituents is 1. The first kappa shape index (κ1) is 13.7. The molecule has 3 rings (SSSR count). The Morgan fingerprint density at radius 3 is 2.43 bits per heavy atom. The Labute approximate surface area is 119 Å². The summed E-state index contributed by atoms with van der Waals surface area (Å²) in [6, 6.07) is 12.0. The minimum Gasteiger partial charge on any atom is -0.508 e. The highest BCUT2D eigenvalue weighted by Gasteiger charge is 2.56. The Morgan fingerprint density at radius 1 is 1.05 bits per heavy atom. The van der Waals surface area contributed by atoms with Gasteiger partial charge in [-0.05, 0) is 35.7 Å². The quantitative estimate of drug-likeness (QED) is 0.841. The monoisotopic (exact) mass is 291 g/mol. The van der Waals surface area contributed by atoms with Gasteiger partial charge in [-0.3, -0.25) is 4.99 Å². The summed E-state index contributed by atoms with van der Waals surface area (Å²) < 4.78 is 41.2. The van der Waals surface area contributed by atoms with E-state index in [9.17, 15) is 18.3 Å². The number of alkyl halides is 3. The van der Waals surface area contributed by atoms with Gasteiger partial charge < -0.3 is 5.11 Å². The Bertz CT molecular complexity index is 694. The van der Waals surface area contributed by atoms with Gasteiger partial charge in [-0.15, -0.1) is 0 Å². The second-order valence-electron chi connectivity index (χ2n) is 5.08. The number of phenols is 1. The highest BCUT2D eigenvalue weighted by molar-refractivity contribution is 5.82. The molecule has 5 heteroatoms. The first-order valence-corrected chi connectivity index (χ1v) is 6.42. The smallest absolute Gasteiger partial charge is 0.403 e. The molecule has 0 amide bonds. The van der Waals surface area contributed by atoms with Crippen molar-refractivity contribution in [3.05, 3.63) is 59.7 Å². The average Bonchev–Trinajstić information content (AvgIpc) is 2.46. The first-order valence-electron chi connectivity index (χ1n) is 6.42. The van der Waals surface area contributed by atoms with Crippen LogP contribution in [-0.2, 0) is 11.8 Å². The van der Waals surface area contributed by atoms with Crippen molar-refractivity contribution in [3.8, 4) is 5.75 Å². The molecule has 0 bridgehead atoms. The van der Waals surface area contributed by atoms with Crippen LogP contribution in [0.3, 0.4) is 0 Å². The summed E-state index contributed by atoms with van der Waals surface area (Å²) in [6.45, 7) is 0. The number of rotatable bonds is 1. The number of halogens is 3. The van der Waals surface area contributed by atoms with Gasteiger partial charge >= 0.3 is 6.18 Å². The molecule has 1 atom stereocenters. The van der Waals surface area contributed by atoms with Crippen LogP contribution < -0.4 is 0 Å². The molecular formula is C16H12F3NO. The fourth-order valence-corrected chi connectivity index (χ4v) is 2.61. The summed E-state index contributed by atoms with van der Waals surface area (Å²) in [5.74, 6) is -0.0602. The molecule has 0 aliphatic carbocycles. The van der Waals surface area contributed by atoms with Crippen LogP contribution in [0, 0.1) is 0 Å². The lowest BCUT2D eigenvalue weighted by molar-refractivity contribution is -0.168. The molecule has 0 saturated heterocycles. The molecule has 0 aromatic heterocycles. The topological polar surface area (TPSA) is 32.6 Å². The number of hydrogen-bond donors (Lipinski definition) is 1. The van der Waals surface area contributed by atoms with Crippen LogP contribution in [0.15, 0.2) is 53.5 Å². The molecule has 1 N–H and O–H groups in total. The maximum atomic E-state index is 13.7. The third kappa shape index (κ3) is 2.18. The molecule has 0 spiro atoms. The van der Waals surface area contributed by atoms with Gasteiger partial charge in [0.2, 0.25) is 0 Å². The van der Waals surface area contributed by atoms with Crippen molar-refractivity contribution in [1.29, 1.82) is 0 Å². The van der Waals surface area contributed by atoms with Gasteiger partial charge in [0.15, 0.2) is 0 Å². The molecule has 2 nitrogen and oxygen atoms in total. The molecule has 1 heterocycles. The molecule has 108 valence electrons. The van der Waals surface area contributed by atoms with E-state index in [1.54, 1.807) is 18.2 Å². The van der Waals surface area contributed by atoms with E-state index in [-0.39, 0.29) is 17.7 Å². The van der Waals surface area contributed by atoms with Gasteiger partial charge in [-0.25, -0.2) is 0 Å². The van der Waals surface area contributed by atoms with E-state index in [4.69, 9.17) is 0 Å². The van der Waals surface area contributed by atoms with Crippen molar-refractivity contribution in [2.75, 3.05) is 0 Å². The molecule has 1 aliphatic rings. The van der Waals surface area contributed by atoms with Crippen LogP contribution >= 0.6 is 0 Å². The second kappa shape index (κ2) is 4.62. The van der Waals surface area contributed by atoms with Crippen LogP contribution in [0.2, 0.25) is 0 Å². The summed E-state index contributed by atoms with van der Waals surface area (Å²) in [5, 5.41) is 9.50. The maximum Gasteiger partial charge on any atom is 0.403 e. The van der Waals surface area contributed by atoms with E-state index in [1.165, 1.54) is 30.3 Å². The molecule has 2 aromatic rings. The number of aromatic hydroxyl groups is 1. The molecule has 0 unspecified atom stereocenters. The molecule has 0 radical (unpaired) electrons. The van der Waals surface area contributed by atoms with Crippen LogP contribution in [0.4, 0.5) is 18.9 Å². The molecule has 2 aromatic carbocycles. The molecule has 21 heavy (non-hydrogen) atoms. The Morgan fingerprint density at radius 2 is 1.76 bits per heavy atom. The predicted octanol–water partition coefficient (Wildman–Crippen LogP) is 4.15. The maximum absolute atomic E-state index is 13.7. The van der Waals surface area contributed by atoms with Crippen LogP contribution in [-0.4, -0.2) is 17.5 Å². The zero-order chi connectivity index (χ0) is 15.1. The van der Waals surface area contributed by atoms with Crippen LogP contribution in [0.5, 0.6) is 5.75 Å². The lowest BCUT2D eigenvalue weighted by Crippen LogP contribution is -2.46. The van der Waals surface area contributed by atoms with Crippen LogP contribution in [0.25, 0.3) is 0 Å². The van der Waals surface area contributed by atoms with Crippen molar-refractivity contribution in [1.82, 2.24) is 0 Å². The summed E-state index contributed by atoms with van der Waals surface area (Å²) in [5.41, 5.74) is -1.16. The number of fused-ring (bicyclic) bond motifs is 1. The summed E-state index contributed by atoms with van der Waals surface area (Å²) in [4.78, 5) is 3.97. The van der Waals surface area contributed by atoms with Crippen molar-refractivity contribution < 1.29 is 18.3 Å². The predicted molar refractivity (Wildman–Crippen MR) is 74.1 cm³/mol. The number of nitrogens with zero attached hydrogens (tertiary/aromatic N) is 1. The van der Waals surface area contributed by atoms with Crippen LogP contribution in [0.1, 0.15) is 11.1 Å². The van der Waals surface area contributed by atoms with E-state index in [2.05, 4.69) is 4.99 Å². The lowest BCUT2D eigenvalue weighted by Gasteiger charge is -2.35. The molecule has 0 fully saturated rings. The largest absolute Gasteiger partial charge is 0.508 e. The van der Waals surface area contributed by atoms with Crippen molar-refractivity contribution >= 4 is 11.9 Å². The van der Waals surface area contributed by atoms with Crippen molar-refractivity contribution in [2.24, 2.45) is 4.99 Å². The van der Waals surface area contributed by atoms with E-state index >= 15 is 0 Å². The van der Waals surface area contributed by atoms with E-state index in [0.29, 0.717) is 11.3 Å². The summed E-state index contributed by atoms with van der Waals surface area (Å²) in [6.07, 6.45) is -3.77. The molecule has 1 aliphatic heterocycles. The zero-order valence-corrected chi connectivity index (χ0v) is 10.9. The van der Waals surface area contributed by atoms with Gasteiger partial charge in [-0.1, -0.05) is 30.3 Å². The number of aliphatic imine (C=N–C) groups is 1. The van der Waals surface area contributed by atoms with Gasteiger partial charge in [-0.2, -0.15) is 13.2 Å². The lowest BCUT2D eigenvalue weighted by atomic mass is 9.74. The van der Waals surface area contributed by atoms with Gasteiger partial charge in [0, 0.05) is 6.21 Å². The SMILES string of the molecule is Oc1ccc2c(c1)C[C@](c1ccccc1)(C(F)(F)F)C=N2. The van der Waals surface area contributed by atoms with Crippen molar-refractivity contribution in [2.45, 2.75) is 18.0 Å². The fourth-order valence-electron chi connectivity index (χ4n) is 2.61. The third-order valence-corrected chi connectivity index (χ3v) is 3.75. The highest BCUT2D eigenvalue weighted by atomic mass is 19.4. The van der Waals surface area contributed by atoms with Gasteiger partial charge in [0.25, 0.3) is 0 Å². The van der Waals surface area contributed by atoms with Gasteiger partial charge in [0.1, 0.15) is 11.2 Å². The highest BCUT2D eigenvalue weighted by Crippen LogP contribution is 2.46. The average molecular weight is 291 g/mol. The Hall–Kier alpha value is -2.30. The van der Waals surface area contributed by atoms with E-state index < -0.39 is 11.6 Å². The second-order valence-corrected chi connectivity index (χ2v) is 5.08. The molecule has 0 saturated carbocycles. The van der Waals surface area contributed by atoms with E-state index in [1.807, 2.05) is 0 Å². The first-order chi connectivity index (χ1) is 9.92.